The summed E-state index contributed by atoms with van der Waals surface area (Å²) in [4.78, 5) is 25.6. The van der Waals surface area contributed by atoms with Crippen LogP contribution in [0.3, 0.4) is 0 Å². The number of carbonyl (C=O) groups is 2. The standard InChI is InChI=1S/C20H29NO4/c22-19(24-13-7-3-1-4-8-13)17-15-11-12-16(21-15)18(17)20(23)25-14-9-5-2-6-10-14/h11-18,21H,1-10H2. The van der Waals surface area contributed by atoms with E-state index in [2.05, 4.69) is 5.32 Å². The highest BCUT2D eigenvalue weighted by molar-refractivity contribution is 5.85. The van der Waals surface area contributed by atoms with Crippen LogP contribution in [0.1, 0.15) is 64.2 Å². The lowest BCUT2D eigenvalue weighted by Gasteiger charge is -2.29. The molecule has 5 heteroatoms. The van der Waals surface area contributed by atoms with E-state index >= 15 is 0 Å². The number of ether oxygens (including phenoxy) is 2. The highest BCUT2D eigenvalue weighted by atomic mass is 16.6. The molecule has 4 aliphatic rings. The van der Waals surface area contributed by atoms with Gasteiger partial charge in [-0.3, -0.25) is 9.59 Å². The second-order valence-electron chi connectivity index (χ2n) is 8.05. The summed E-state index contributed by atoms with van der Waals surface area (Å²) in [5, 5.41) is 3.35. The van der Waals surface area contributed by atoms with Gasteiger partial charge in [-0.15, -0.1) is 0 Å². The minimum absolute atomic E-state index is 0.0272. The monoisotopic (exact) mass is 347 g/mol. The fraction of sp³-hybridized carbons (Fsp3) is 0.800. The third-order valence-electron chi connectivity index (χ3n) is 6.29. The van der Waals surface area contributed by atoms with Crippen molar-refractivity contribution in [3.8, 4) is 0 Å². The Balaban J connectivity index is 1.41. The molecule has 4 rings (SSSR count). The van der Waals surface area contributed by atoms with Gasteiger partial charge in [-0.2, -0.15) is 0 Å². The summed E-state index contributed by atoms with van der Waals surface area (Å²) in [7, 11) is 0. The summed E-state index contributed by atoms with van der Waals surface area (Å²) in [6, 6.07) is -0.185. The summed E-state index contributed by atoms with van der Waals surface area (Å²) in [5.74, 6) is -1.32. The molecule has 2 heterocycles. The first kappa shape index (κ1) is 17.1. The number of nitrogens with one attached hydrogen (secondary N) is 1. The minimum atomic E-state index is -0.437. The number of carbonyl (C=O) groups excluding carboxylic acids is 2. The molecule has 1 N–H and O–H groups in total. The molecule has 0 aromatic rings. The van der Waals surface area contributed by atoms with Crippen LogP contribution < -0.4 is 5.32 Å². The summed E-state index contributed by atoms with van der Waals surface area (Å²) < 4.78 is 11.6. The summed E-state index contributed by atoms with van der Waals surface area (Å²) in [6.07, 6.45) is 14.8. The van der Waals surface area contributed by atoms with Gasteiger partial charge in [0.1, 0.15) is 12.2 Å². The maximum Gasteiger partial charge on any atom is 0.312 e. The number of hydrogen-bond acceptors (Lipinski definition) is 5. The van der Waals surface area contributed by atoms with Crippen molar-refractivity contribution < 1.29 is 19.1 Å². The fourth-order valence-corrected chi connectivity index (χ4v) is 4.90. The zero-order valence-electron chi connectivity index (χ0n) is 14.8. The van der Waals surface area contributed by atoms with Crippen molar-refractivity contribution >= 4 is 11.9 Å². The SMILES string of the molecule is O=C(OC1CCCCC1)C1C2C=CC(N2)C1C(=O)OC1CCCCC1. The first-order valence-corrected chi connectivity index (χ1v) is 10.1. The van der Waals surface area contributed by atoms with Crippen molar-refractivity contribution in [1.82, 2.24) is 5.32 Å². The Morgan fingerprint density at radius 1 is 0.680 bits per heavy atom. The Bertz CT molecular complexity index is 488. The number of esters is 2. The zero-order valence-corrected chi connectivity index (χ0v) is 14.8. The van der Waals surface area contributed by atoms with Crippen LogP contribution in [0.2, 0.25) is 0 Å². The van der Waals surface area contributed by atoms with E-state index in [1.165, 1.54) is 12.8 Å². The topological polar surface area (TPSA) is 64.6 Å². The van der Waals surface area contributed by atoms with Crippen LogP contribution in [0.4, 0.5) is 0 Å². The highest BCUT2D eigenvalue weighted by Crippen LogP contribution is 2.37. The number of rotatable bonds is 4. The molecule has 0 spiro atoms. The Morgan fingerprint density at radius 2 is 1.08 bits per heavy atom. The maximum absolute atomic E-state index is 12.8. The molecule has 138 valence electrons. The molecule has 4 unspecified atom stereocenters. The van der Waals surface area contributed by atoms with Crippen LogP contribution in [0, 0.1) is 11.8 Å². The van der Waals surface area contributed by atoms with Gasteiger partial charge in [0.15, 0.2) is 0 Å². The van der Waals surface area contributed by atoms with Crippen molar-refractivity contribution in [1.29, 1.82) is 0 Å². The van der Waals surface area contributed by atoms with Crippen molar-refractivity contribution in [3.05, 3.63) is 12.2 Å². The van der Waals surface area contributed by atoms with Crippen LogP contribution in [0.25, 0.3) is 0 Å². The van der Waals surface area contributed by atoms with Crippen molar-refractivity contribution in [3.63, 3.8) is 0 Å². The van der Waals surface area contributed by atoms with Crippen LogP contribution in [-0.2, 0) is 19.1 Å². The molecule has 2 saturated carbocycles. The molecule has 0 aromatic heterocycles. The van der Waals surface area contributed by atoms with E-state index in [4.69, 9.17) is 9.47 Å². The van der Waals surface area contributed by atoms with Gasteiger partial charge in [0.05, 0.1) is 11.8 Å². The van der Waals surface area contributed by atoms with Crippen LogP contribution in [-0.4, -0.2) is 36.2 Å². The van der Waals surface area contributed by atoms with Crippen LogP contribution >= 0.6 is 0 Å². The Kier molecular flexibility index (Phi) is 5.11. The molecule has 4 atom stereocenters. The third-order valence-corrected chi connectivity index (χ3v) is 6.29. The van der Waals surface area contributed by atoms with Gasteiger partial charge >= 0.3 is 11.9 Å². The number of hydrogen-bond donors (Lipinski definition) is 1. The first-order chi connectivity index (χ1) is 12.2. The largest absolute Gasteiger partial charge is 0.462 e. The third kappa shape index (κ3) is 3.62. The van der Waals surface area contributed by atoms with Crippen molar-refractivity contribution in [2.24, 2.45) is 11.8 Å². The Hall–Kier alpha value is -1.36. The fourth-order valence-electron chi connectivity index (χ4n) is 4.90. The predicted octanol–water partition coefficient (Wildman–Crippen LogP) is 2.88. The van der Waals surface area contributed by atoms with Gasteiger partial charge in [0.2, 0.25) is 0 Å². The molecule has 1 saturated heterocycles. The van der Waals surface area contributed by atoms with Gasteiger partial charge in [-0.1, -0.05) is 25.0 Å². The number of fused-ring (bicyclic) bond motifs is 2. The molecular weight excluding hydrogens is 318 g/mol. The molecule has 0 amide bonds. The molecule has 3 fully saturated rings. The second-order valence-corrected chi connectivity index (χ2v) is 8.05. The normalized spacial score (nSPS) is 35.7. The molecule has 0 radical (unpaired) electrons. The van der Waals surface area contributed by atoms with Crippen molar-refractivity contribution in [2.45, 2.75) is 88.5 Å². The van der Waals surface area contributed by atoms with E-state index in [-0.39, 0.29) is 36.2 Å². The Labute approximate surface area is 149 Å². The van der Waals surface area contributed by atoms with Crippen LogP contribution in [0.5, 0.6) is 0 Å². The van der Waals surface area contributed by atoms with E-state index in [0.29, 0.717) is 0 Å². The van der Waals surface area contributed by atoms with Gasteiger partial charge < -0.3 is 14.8 Å². The summed E-state index contributed by atoms with van der Waals surface area (Å²) in [6.45, 7) is 0. The zero-order chi connectivity index (χ0) is 17.2. The first-order valence-electron chi connectivity index (χ1n) is 10.1. The summed E-state index contributed by atoms with van der Waals surface area (Å²) >= 11 is 0. The molecule has 5 nitrogen and oxygen atoms in total. The lowest BCUT2D eigenvalue weighted by molar-refractivity contribution is -0.167. The predicted molar refractivity (Wildman–Crippen MR) is 92.8 cm³/mol. The van der Waals surface area contributed by atoms with Crippen molar-refractivity contribution in [2.75, 3.05) is 0 Å². The van der Waals surface area contributed by atoms with E-state index in [0.717, 1.165) is 51.4 Å². The van der Waals surface area contributed by atoms with E-state index in [9.17, 15) is 9.59 Å². The lowest BCUT2D eigenvalue weighted by Crippen LogP contribution is -2.41. The highest BCUT2D eigenvalue weighted by Gasteiger charge is 2.53. The molecule has 2 aliphatic heterocycles. The van der Waals surface area contributed by atoms with Crippen LogP contribution in [0.15, 0.2) is 12.2 Å². The maximum atomic E-state index is 12.8. The molecule has 2 bridgehead atoms. The Morgan fingerprint density at radius 3 is 1.48 bits per heavy atom. The quantitative estimate of drug-likeness (QED) is 0.626. The average Bonchev–Trinajstić information content (AvgIpc) is 3.24. The van der Waals surface area contributed by atoms with E-state index < -0.39 is 11.8 Å². The second kappa shape index (κ2) is 7.48. The summed E-state index contributed by atoms with van der Waals surface area (Å²) in [5.41, 5.74) is 0. The molecule has 2 aliphatic carbocycles. The van der Waals surface area contributed by atoms with E-state index in [1.54, 1.807) is 0 Å². The minimum Gasteiger partial charge on any atom is -0.462 e. The van der Waals surface area contributed by atoms with Gasteiger partial charge in [0.25, 0.3) is 0 Å². The lowest BCUT2D eigenvalue weighted by atomic mass is 9.82. The van der Waals surface area contributed by atoms with E-state index in [1.807, 2.05) is 12.2 Å². The average molecular weight is 347 g/mol. The smallest absolute Gasteiger partial charge is 0.312 e. The van der Waals surface area contributed by atoms with Gasteiger partial charge in [-0.05, 0) is 51.4 Å². The van der Waals surface area contributed by atoms with Gasteiger partial charge in [-0.25, -0.2) is 0 Å². The van der Waals surface area contributed by atoms with Gasteiger partial charge in [0, 0.05) is 12.1 Å². The molecule has 25 heavy (non-hydrogen) atoms. The molecular formula is C20H29NO4. The molecule has 0 aromatic carbocycles.